The number of carbonyl (C=O) groups excluding carboxylic acids is 2. The van der Waals surface area contributed by atoms with Crippen LogP contribution in [0.1, 0.15) is 18.5 Å². The molecule has 2 aromatic rings. The van der Waals surface area contributed by atoms with E-state index in [0.717, 1.165) is 4.90 Å². The monoisotopic (exact) mass is 480 g/mol. The number of hydrogen-bond donors (Lipinski definition) is 1. The van der Waals surface area contributed by atoms with Gasteiger partial charge < -0.3 is 14.8 Å². The Hall–Kier alpha value is -2.35. The second kappa shape index (κ2) is 10.3. The molecule has 0 radical (unpaired) electrons. The number of carbonyl (C=O) groups is 2. The highest BCUT2D eigenvalue weighted by Gasteiger charge is 2.38. The Morgan fingerprint density at radius 1 is 1.19 bits per heavy atom. The number of hydrogen-bond acceptors (Lipinski definition) is 5. The molecule has 6 nitrogen and oxygen atoms in total. The average molecular weight is 481 g/mol. The molecule has 31 heavy (non-hydrogen) atoms. The fourth-order valence-corrected chi connectivity index (χ4v) is 4.10. The molecule has 1 heterocycles. The summed E-state index contributed by atoms with van der Waals surface area (Å²) in [6, 6.07) is 11.3. The standard InChI is InChI=1S/C22H22Cl2N2O4S/c1-4-29-21(27)19-18(12-30-14-6-8-15(31-3)9-7-14)26(2)22(28)25-20(19)16-10-5-13(23)11-17(16)24/h5-11,20H,4,12H2,1-3H3,(H,25,28). The van der Waals surface area contributed by atoms with Crippen LogP contribution in [0.4, 0.5) is 4.79 Å². The fourth-order valence-electron chi connectivity index (χ4n) is 3.17. The molecular formula is C22H22Cl2N2O4S. The van der Waals surface area contributed by atoms with E-state index >= 15 is 0 Å². The van der Waals surface area contributed by atoms with Crippen molar-refractivity contribution < 1.29 is 19.1 Å². The molecule has 3 rings (SSSR count). The summed E-state index contributed by atoms with van der Waals surface area (Å²) in [5, 5.41) is 3.60. The first-order valence-corrected chi connectivity index (χ1v) is 11.5. The predicted molar refractivity (Wildman–Crippen MR) is 123 cm³/mol. The number of likely N-dealkylation sites (N-methyl/N-ethyl adjacent to an activating group) is 1. The Labute approximate surface area is 195 Å². The van der Waals surface area contributed by atoms with E-state index in [1.165, 1.54) is 4.90 Å². The van der Waals surface area contributed by atoms with Gasteiger partial charge in [-0.1, -0.05) is 29.3 Å². The summed E-state index contributed by atoms with van der Waals surface area (Å²) in [5.41, 5.74) is 1.19. The number of benzene rings is 2. The molecule has 2 aromatic carbocycles. The van der Waals surface area contributed by atoms with Crippen molar-refractivity contribution in [2.45, 2.75) is 17.9 Å². The molecule has 9 heteroatoms. The van der Waals surface area contributed by atoms with E-state index in [9.17, 15) is 9.59 Å². The highest BCUT2D eigenvalue weighted by atomic mass is 35.5. The third kappa shape index (κ3) is 5.29. The van der Waals surface area contributed by atoms with Gasteiger partial charge in [0, 0.05) is 22.0 Å². The van der Waals surface area contributed by atoms with Gasteiger partial charge in [-0.2, -0.15) is 0 Å². The van der Waals surface area contributed by atoms with Crippen molar-refractivity contribution in [3.05, 3.63) is 69.3 Å². The van der Waals surface area contributed by atoms with Gasteiger partial charge in [-0.15, -0.1) is 11.8 Å². The van der Waals surface area contributed by atoms with Gasteiger partial charge in [0.25, 0.3) is 0 Å². The van der Waals surface area contributed by atoms with Gasteiger partial charge in [0.2, 0.25) is 0 Å². The van der Waals surface area contributed by atoms with Gasteiger partial charge in [0.15, 0.2) is 0 Å². The lowest BCUT2D eigenvalue weighted by molar-refractivity contribution is -0.139. The van der Waals surface area contributed by atoms with Gasteiger partial charge in [0.1, 0.15) is 12.4 Å². The molecule has 164 valence electrons. The number of esters is 1. The Balaban J connectivity index is 2.02. The Bertz CT molecular complexity index is 1010. The maximum absolute atomic E-state index is 12.9. The van der Waals surface area contributed by atoms with E-state index in [1.807, 2.05) is 30.5 Å². The van der Waals surface area contributed by atoms with Crippen LogP contribution >= 0.6 is 35.0 Å². The molecule has 1 N–H and O–H groups in total. The van der Waals surface area contributed by atoms with Crippen LogP contribution in [0.2, 0.25) is 10.0 Å². The average Bonchev–Trinajstić information content (AvgIpc) is 2.75. The van der Waals surface area contributed by atoms with E-state index < -0.39 is 12.0 Å². The zero-order valence-corrected chi connectivity index (χ0v) is 19.6. The van der Waals surface area contributed by atoms with Gasteiger partial charge in [-0.25, -0.2) is 9.59 Å². The maximum Gasteiger partial charge on any atom is 0.338 e. The smallest absolute Gasteiger partial charge is 0.338 e. The summed E-state index contributed by atoms with van der Waals surface area (Å²) in [6.45, 7) is 1.90. The van der Waals surface area contributed by atoms with Crippen LogP contribution in [0, 0.1) is 0 Å². The van der Waals surface area contributed by atoms with Crippen LogP contribution in [0.25, 0.3) is 0 Å². The van der Waals surface area contributed by atoms with Gasteiger partial charge in [-0.3, -0.25) is 4.90 Å². The lowest BCUT2D eigenvalue weighted by Crippen LogP contribution is -2.48. The Morgan fingerprint density at radius 2 is 1.90 bits per heavy atom. The van der Waals surface area contributed by atoms with Gasteiger partial charge in [0.05, 0.1) is 23.9 Å². The van der Waals surface area contributed by atoms with Crippen LogP contribution < -0.4 is 10.1 Å². The zero-order valence-electron chi connectivity index (χ0n) is 17.3. The molecule has 1 unspecified atom stereocenters. The van der Waals surface area contributed by atoms with Crippen molar-refractivity contribution in [1.29, 1.82) is 0 Å². The lowest BCUT2D eigenvalue weighted by Gasteiger charge is -2.34. The molecular weight excluding hydrogens is 459 g/mol. The largest absolute Gasteiger partial charge is 0.487 e. The highest BCUT2D eigenvalue weighted by molar-refractivity contribution is 7.98. The molecule has 0 saturated carbocycles. The zero-order chi connectivity index (χ0) is 22.5. The molecule has 0 aliphatic carbocycles. The van der Waals surface area contributed by atoms with E-state index in [1.54, 1.807) is 43.9 Å². The SMILES string of the molecule is CCOC(=O)C1=C(COc2ccc(SC)cc2)N(C)C(=O)NC1c1ccc(Cl)cc1Cl. The first-order valence-electron chi connectivity index (χ1n) is 9.51. The minimum atomic E-state index is -0.801. The first-order chi connectivity index (χ1) is 14.8. The van der Waals surface area contributed by atoms with Crippen LogP contribution in [-0.4, -0.2) is 43.4 Å². The number of thioether (sulfide) groups is 1. The predicted octanol–water partition coefficient (Wildman–Crippen LogP) is 5.31. The second-order valence-electron chi connectivity index (χ2n) is 6.65. The summed E-state index contributed by atoms with van der Waals surface area (Å²) in [4.78, 5) is 28.1. The van der Waals surface area contributed by atoms with E-state index in [0.29, 0.717) is 27.1 Å². The minimum Gasteiger partial charge on any atom is -0.487 e. The summed E-state index contributed by atoms with van der Waals surface area (Å²) >= 11 is 14.0. The molecule has 0 fully saturated rings. The number of urea groups is 1. The van der Waals surface area contributed by atoms with Crippen molar-refractivity contribution in [2.75, 3.05) is 26.5 Å². The third-order valence-corrected chi connectivity index (χ3v) is 6.09. The van der Waals surface area contributed by atoms with E-state index in [-0.39, 0.29) is 24.8 Å². The summed E-state index contributed by atoms with van der Waals surface area (Å²) in [7, 11) is 1.57. The Morgan fingerprint density at radius 3 is 2.52 bits per heavy atom. The number of halogens is 2. The summed E-state index contributed by atoms with van der Waals surface area (Å²) in [6.07, 6.45) is 1.99. The second-order valence-corrected chi connectivity index (χ2v) is 8.38. The minimum absolute atomic E-state index is 0.00160. The molecule has 0 saturated heterocycles. The van der Waals surface area contributed by atoms with Crippen LogP contribution in [0.3, 0.4) is 0 Å². The van der Waals surface area contributed by atoms with Crippen molar-refractivity contribution >= 4 is 47.0 Å². The number of nitrogens with zero attached hydrogens (tertiary/aromatic N) is 1. The topological polar surface area (TPSA) is 67.9 Å². The van der Waals surface area contributed by atoms with Crippen LogP contribution in [0.15, 0.2) is 58.6 Å². The van der Waals surface area contributed by atoms with Crippen LogP contribution in [-0.2, 0) is 9.53 Å². The molecule has 2 amide bonds. The first kappa shape index (κ1) is 23.3. The Kier molecular flexibility index (Phi) is 7.75. The fraction of sp³-hybridized carbons (Fsp3) is 0.273. The lowest BCUT2D eigenvalue weighted by atomic mass is 9.94. The van der Waals surface area contributed by atoms with Crippen molar-refractivity contribution in [1.82, 2.24) is 10.2 Å². The quantitative estimate of drug-likeness (QED) is 0.429. The highest BCUT2D eigenvalue weighted by Crippen LogP contribution is 2.36. The summed E-state index contributed by atoms with van der Waals surface area (Å²) in [5.74, 6) is 0.0654. The summed E-state index contributed by atoms with van der Waals surface area (Å²) < 4.78 is 11.2. The van der Waals surface area contributed by atoms with E-state index in [2.05, 4.69) is 5.32 Å². The van der Waals surface area contributed by atoms with E-state index in [4.69, 9.17) is 32.7 Å². The molecule has 0 aromatic heterocycles. The molecule has 0 spiro atoms. The molecule has 1 aliphatic heterocycles. The van der Waals surface area contributed by atoms with Crippen molar-refractivity contribution in [2.24, 2.45) is 0 Å². The maximum atomic E-state index is 12.9. The van der Waals surface area contributed by atoms with Gasteiger partial charge in [-0.05, 0) is 55.1 Å². The number of ether oxygens (including phenoxy) is 2. The normalized spacial score (nSPS) is 16.2. The number of amides is 2. The number of nitrogens with one attached hydrogen (secondary N) is 1. The molecule has 1 atom stereocenters. The van der Waals surface area contributed by atoms with Crippen molar-refractivity contribution in [3.63, 3.8) is 0 Å². The third-order valence-electron chi connectivity index (χ3n) is 4.78. The number of rotatable bonds is 7. The van der Waals surface area contributed by atoms with Gasteiger partial charge >= 0.3 is 12.0 Å². The molecule has 1 aliphatic rings. The molecule has 0 bridgehead atoms. The van der Waals surface area contributed by atoms with Crippen molar-refractivity contribution in [3.8, 4) is 5.75 Å². The van der Waals surface area contributed by atoms with Crippen LogP contribution in [0.5, 0.6) is 5.75 Å².